The van der Waals surface area contributed by atoms with Gasteiger partial charge in [0.1, 0.15) is 10.3 Å². The summed E-state index contributed by atoms with van der Waals surface area (Å²) >= 11 is 1.63. The van der Waals surface area contributed by atoms with Gasteiger partial charge in [-0.25, -0.2) is 9.97 Å². The van der Waals surface area contributed by atoms with Gasteiger partial charge in [-0.1, -0.05) is 41.7 Å². The molecule has 2 saturated heterocycles. The Morgan fingerprint density at radius 1 is 1.03 bits per heavy atom. The van der Waals surface area contributed by atoms with Gasteiger partial charge in [0, 0.05) is 52.0 Å². The smallest absolute Gasteiger partial charge is 0.227 e. The maximum atomic E-state index is 13.2. The van der Waals surface area contributed by atoms with Gasteiger partial charge in [0.05, 0.1) is 5.92 Å². The van der Waals surface area contributed by atoms with Crippen molar-refractivity contribution in [2.75, 3.05) is 44.2 Å². The van der Waals surface area contributed by atoms with Gasteiger partial charge in [-0.15, -0.1) is 0 Å². The SMILES string of the molecule is O=C([C@H]1CCCN(c2nc3cccnc3s2)C1)N1CCN(Cc2ccccc2)CC1. The molecule has 0 spiro atoms. The molecule has 0 radical (unpaired) electrons. The molecule has 4 heterocycles. The van der Waals surface area contributed by atoms with Crippen LogP contribution in [0.3, 0.4) is 0 Å². The number of carbonyl (C=O) groups excluding carboxylic acids is 1. The Balaban J connectivity index is 1.18. The van der Waals surface area contributed by atoms with Crippen molar-refractivity contribution < 1.29 is 4.79 Å². The summed E-state index contributed by atoms with van der Waals surface area (Å²) in [5.74, 6) is 0.387. The molecule has 0 N–H and O–H groups in total. The zero-order valence-electron chi connectivity index (χ0n) is 17.1. The number of thiazole rings is 1. The standard InChI is InChI=1S/C23H27N5OS/c29-22(27-14-12-26(13-15-27)16-18-6-2-1-3-7-18)19-8-5-11-28(17-19)23-25-20-9-4-10-24-21(20)30-23/h1-4,6-7,9-10,19H,5,8,11-17H2/t19-/m0/s1. The van der Waals surface area contributed by atoms with Gasteiger partial charge in [-0.2, -0.15) is 0 Å². The molecule has 0 unspecified atom stereocenters. The molecule has 2 aliphatic heterocycles. The number of benzene rings is 1. The highest BCUT2D eigenvalue weighted by molar-refractivity contribution is 7.21. The first-order valence-corrected chi connectivity index (χ1v) is 11.6. The van der Waals surface area contributed by atoms with Crippen LogP contribution < -0.4 is 4.90 Å². The molecule has 2 fully saturated rings. The molecule has 30 heavy (non-hydrogen) atoms. The highest BCUT2D eigenvalue weighted by Crippen LogP contribution is 2.31. The van der Waals surface area contributed by atoms with E-state index < -0.39 is 0 Å². The minimum atomic E-state index is 0.0689. The molecule has 7 heteroatoms. The third-order valence-corrected chi connectivity index (χ3v) is 7.17. The fourth-order valence-corrected chi connectivity index (χ4v) is 5.42. The minimum absolute atomic E-state index is 0.0689. The molecule has 6 nitrogen and oxygen atoms in total. The van der Waals surface area contributed by atoms with E-state index in [1.807, 2.05) is 18.3 Å². The molecule has 5 rings (SSSR count). The van der Waals surface area contributed by atoms with Crippen LogP contribution in [0.1, 0.15) is 18.4 Å². The molecular formula is C23H27N5OS. The van der Waals surface area contributed by atoms with Crippen LogP contribution in [-0.4, -0.2) is 64.9 Å². The third-order valence-electron chi connectivity index (χ3n) is 6.13. The van der Waals surface area contributed by atoms with E-state index in [0.29, 0.717) is 5.91 Å². The lowest BCUT2D eigenvalue weighted by Gasteiger charge is -2.39. The lowest BCUT2D eigenvalue weighted by Crippen LogP contribution is -2.52. The first-order valence-electron chi connectivity index (χ1n) is 10.8. The number of pyridine rings is 1. The highest BCUT2D eigenvalue weighted by Gasteiger charge is 2.32. The first-order chi connectivity index (χ1) is 14.8. The lowest BCUT2D eigenvalue weighted by molar-refractivity contribution is -0.137. The molecule has 0 aliphatic carbocycles. The minimum Gasteiger partial charge on any atom is -0.347 e. The van der Waals surface area contributed by atoms with E-state index in [9.17, 15) is 4.79 Å². The number of rotatable bonds is 4. The van der Waals surface area contributed by atoms with Crippen molar-refractivity contribution in [3.8, 4) is 0 Å². The van der Waals surface area contributed by atoms with E-state index in [1.165, 1.54) is 5.56 Å². The number of piperidine rings is 1. The highest BCUT2D eigenvalue weighted by atomic mass is 32.1. The topological polar surface area (TPSA) is 52.6 Å². The Bertz CT molecular complexity index is 966. The molecule has 2 aromatic heterocycles. The van der Waals surface area contributed by atoms with Gasteiger partial charge >= 0.3 is 0 Å². The van der Waals surface area contributed by atoms with E-state index >= 15 is 0 Å². The maximum Gasteiger partial charge on any atom is 0.227 e. The zero-order chi connectivity index (χ0) is 20.3. The van der Waals surface area contributed by atoms with Crippen molar-refractivity contribution in [1.82, 2.24) is 19.8 Å². The predicted octanol–water partition coefficient (Wildman–Crippen LogP) is 3.25. The van der Waals surface area contributed by atoms with Crippen LogP contribution >= 0.6 is 11.3 Å². The van der Waals surface area contributed by atoms with Crippen LogP contribution in [0.4, 0.5) is 5.13 Å². The van der Waals surface area contributed by atoms with Crippen LogP contribution in [0.25, 0.3) is 10.3 Å². The Morgan fingerprint density at radius 3 is 2.67 bits per heavy atom. The van der Waals surface area contributed by atoms with Crippen LogP contribution in [-0.2, 0) is 11.3 Å². The number of nitrogens with zero attached hydrogens (tertiary/aromatic N) is 5. The summed E-state index contributed by atoms with van der Waals surface area (Å²) in [4.78, 5) is 30.1. The molecule has 156 valence electrons. The summed E-state index contributed by atoms with van der Waals surface area (Å²) in [6.45, 7) is 6.24. The third kappa shape index (κ3) is 4.18. The van der Waals surface area contributed by atoms with Crippen LogP contribution in [0.2, 0.25) is 0 Å². The molecule has 1 aromatic carbocycles. The van der Waals surface area contributed by atoms with Crippen LogP contribution in [0, 0.1) is 5.92 Å². The van der Waals surface area contributed by atoms with Gasteiger partial charge in [0.2, 0.25) is 5.91 Å². The predicted molar refractivity (Wildman–Crippen MR) is 121 cm³/mol. The summed E-state index contributed by atoms with van der Waals surface area (Å²) < 4.78 is 0. The van der Waals surface area contributed by atoms with Crippen LogP contribution in [0.15, 0.2) is 48.7 Å². The maximum absolute atomic E-state index is 13.2. The number of hydrogen-bond acceptors (Lipinski definition) is 6. The zero-order valence-corrected chi connectivity index (χ0v) is 17.9. The van der Waals surface area contributed by atoms with Gasteiger partial charge < -0.3 is 9.80 Å². The number of hydrogen-bond donors (Lipinski definition) is 0. The summed E-state index contributed by atoms with van der Waals surface area (Å²) in [7, 11) is 0. The number of amides is 1. The van der Waals surface area contributed by atoms with Crippen molar-refractivity contribution in [1.29, 1.82) is 0 Å². The molecule has 0 saturated carbocycles. The fourth-order valence-electron chi connectivity index (χ4n) is 4.47. The molecule has 3 aromatic rings. The average Bonchev–Trinajstić information content (AvgIpc) is 3.24. The Hall–Kier alpha value is -2.51. The van der Waals surface area contributed by atoms with E-state index in [4.69, 9.17) is 4.98 Å². The second-order valence-electron chi connectivity index (χ2n) is 8.20. The van der Waals surface area contributed by atoms with Gasteiger partial charge in [-0.05, 0) is 30.5 Å². The largest absolute Gasteiger partial charge is 0.347 e. The van der Waals surface area contributed by atoms with Crippen molar-refractivity contribution in [3.63, 3.8) is 0 Å². The second kappa shape index (κ2) is 8.70. The molecule has 1 amide bonds. The van der Waals surface area contributed by atoms with Crippen molar-refractivity contribution >= 4 is 32.7 Å². The molecule has 2 aliphatic rings. The fraction of sp³-hybridized carbons (Fsp3) is 0.435. The average molecular weight is 422 g/mol. The van der Waals surface area contributed by atoms with Crippen molar-refractivity contribution in [2.24, 2.45) is 5.92 Å². The Kier molecular flexibility index (Phi) is 5.64. The van der Waals surface area contributed by atoms with E-state index in [-0.39, 0.29) is 5.92 Å². The monoisotopic (exact) mass is 421 g/mol. The number of carbonyl (C=O) groups is 1. The van der Waals surface area contributed by atoms with Gasteiger partial charge in [0.15, 0.2) is 5.13 Å². The quantitative estimate of drug-likeness (QED) is 0.647. The second-order valence-corrected chi connectivity index (χ2v) is 9.15. The molecular weight excluding hydrogens is 394 g/mol. The molecule has 0 bridgehead atoms. The Labute approximate surface area is 181 Å². The van der Waals surface area contributed by atoms with Gasteiger partial charge in [-0.3, -0.25) is 9.69 Å². The van der Waals surface area contributed by atoms with E-state index in [0.717, 1.165) is 74.1 Å². The van der Waals surface area contributed by atoms with Crippen LogP contribution in [0.5, 0.6) is 0 Å². The number of piperazine rings is 1. The number of aromatic nitrogens is 2. The van der Waals surface area contributed by atoms with E-state index in [1.54, 1.807) is 11.3 Å². The van der Waals surface area contributed by atoms with Crippen molar-refractivity contribution in [3.05, 3.63) is 54.2 Å². The summed E-state index contributed by atoms with van der Waals surface area (Å²) in [6, 6.07) is 14.5. The normalized spacial score (nSPS) is 20.6. The first kappa shape index (κ1) is 19.5. The van der Waals surface area contributed by atoms with Crippen molar-refractivity contribution in [2.45, 2.75) is 19.4 Å². The summed E-state index contributed by atoms with van der Waals surface area (Å²) in [5, 5.41) is 0.994. The lowest BCUT2D eigenvalue weighted by atomic mass is 9.96. The number of fused-ring (bicyclic) bond motifs is 1. The summed E-state index contributed by atoms with van der Waals surface area (Å²) in [6.07, 6.45) is 3.82. The Morgan fingerprint density at radius 2 is 1.87 bits per heavy atom. The summed E-state index contributed by atoms with van der Waals surface area (Å²) in [5.41, 5.74) is 2.28. The number of anilines is 1. The molecule has 1 atom stereocenters. The van der Waals surface area contributed by atoms with E-state index in [2.05, 4.69) is 50.0 Å². The van der Waals surface area contributed by atoms with Gasteiger partial charge in [0.25, 0.3) is 0 Å².